The van der Waals surface area contributed by atoms with E-state index in [2.05, 4.69) is 10.1 Å². The smallest absolute Gasteiger partial charge is 0.405 e. The third-order valence-corrected chi connectivity index (χ3v) is 4.06. The molecule has 134 valence electrons. The zero-order valence-electron chi connectivity index (χ0n) is 13.8. The van der Waals surface area contributed by atoms with Crippen molar-refractivity contribution in [1.29, 1.82) is 0 Å². The van der Waals surface area contributed by atoms with Crippen LogP contribution in [0.2, 0.25) is 0 Å². The predicted octanol–water partition coefficient (Wildman–Crippen LogP) is 3.18. The first kappa shape index (κ1) is 18.6. The lowest BCUT2D eigenvalue weighted by molar-refractivity contribution is -0.274. The van der Waals surface area contributed by atoms with Gasteiger partial charge in [0.2, 0.25) is 5.91 Å². The van der Waals surface area contributed by atoms with Gasteiger partial charge in [-0.1, -0.05) is 32.0 Å². The van der Waals surface area contributed by atoms with Crippen LogP contribution in [0.3, 0.4) is 0 Å². The Morgan fingerprint density at radius 1 is 1.38 bits per heavy atom. The van der Waals surface area contributed by atoms with Crippen molar-refractivity contribution >= 4 is 5.91 Å². The number of rotatable bonds is 7. The lowest BCUT2D eigenvalue weighted by Crippen LogP contribution is -2.41. The number of nitrogens with one attached hydrogen (secondary N) is 1. The molecule has 0 aliphatic heterocycles. The van der Waals surface area contributed by atoms with Gasteiger partial charge in [-0.15, -0.1) is 13.2 Å². The Bertz CT molecular complexity index is 575. The molecule has 0 heterocycles. The second-order valence-corrected chi connectivity index (χ2v) is 6.61. The molecule has 0 radical (unpaired) electrons. The first-order chi connectivity index (χ1) is 11.2. The van der Waals surface area contributed by atoms with Crippen molar-refractivity contribution in [3.63, 3.8) is 0 Å². The van der Waals surface area contributed by atoms with Gasteiger partial charge in [-0.05, 0) is 36.3 Å². The maximum Gasteiger partial charge on any atom is 0.573 e. The Morgan fingerprint density at radius 3 is 2.62 bits per heavy atom. The minimum absolute atomic E-state index is 0.111. The van der Waals surface area contributed by atoms with Gasteiger partial charge in [0.1, 0.15) is 5.75 Å². The van der Waals surface area contributed by atoms with Crippen LogP contribution in [0.15, 0.2) is 24.3 Å². The van der Waals surface area contributed by atoms with Gasteiger partial charge < -0.3 is 15.8 Å². The standard InChI is InChI=1S/C17H23F3N2O2/c1-10(2)7-11(9-21)22-16(23)14-8-13(14)12-5-3-4-6-15(12)24-17(18,19)20/h3-6,10-11,13-14H,7-9,21H2,1-2H3,(H,22,23). The molecule has 1 aromatic rings. The van der Waals surface area contributed by atoms with Crippen LogP contribution in [-0.2, 0) is 4.79 Å². The van der Waals surface area contributed by atoms with E-state index in [1.165, 1.54) is 12.1 Å². The Hall–Kier alpha value is -1.76. The highest BCUT2D eigenvalue weighted by Crippen LogP contribution is 2.51. The summed E-state index contributed by atoms with van der Waals surface area (Å²) in [6, 6.07) is 5.87. The van der Waals surface area contributed by atoms with Gasteiger partial charge in [0.15, 0.2) is 0 Å². The number of hydrogen-bond acceptors (Lipinski definition) is 3. The number of hydrogen-bond donors (Lipinski definition) is 2. The molecular formula is C17H23F3N2O2. The van der Waals surface area contributed by atoms with E-state index < -0.39 is 6.36 Å². The Labute approximate surface area is 139 Å². The molecule has 1 saturated carbocycles. The molecule has 2 rings (SSSR count). The summed E-state index contributed by atoms with van der Waals surface area (Å²) in [6.07, 6.45) is -3.46. The SMILES string of the molecule is CC(C)CC(CN)NC(=O)C1CC1c1ccccc1OC(F)(F)F. The van der Waals surface area contributed by atoms with E-state index in [0.29, 0.717) is 24.4 Å². The van der Waals surface area contributed by atoms with Crippen molar-refractivity contribution in [2.45, 2.75) is 45.0 Å². The second-order valence-electron chi connectivity index (χ2n) is 6.61. The van der Waals surface area contributed by atoms with Crippen LogP contribution in [0.25, 0.3) is 0 Å². The summed E-state index contributed by atoms with van der Waals surface area (Å²) in [7, 11) is 0. The molecule has 24 heavy (non-hydrogen) atoms. The molecule has 3 N–H and O–H groups in total. The van der Waals surface area contributed by atoms with Gasteiger partial charge in [0.25, 0.3) is 0 Å². The number of carbonyl (C=O) groups is 1. The summed E-state index contributed by atoms with van der Waals surface area (Å²) >= 11 is 0. The van der Waals surface area contributed by atoms with Crippen molar-refractivity contribution in [1.82, 2.24) is 5.32 Å². The van der Waals surface area contributed by atoms with Crippen LogP contribution in [-0.4, -0.2) is 24.9 Å². The molecule has 1 fully saturated rings. The molecule has 3 unspecified atom stereocenters. The van der Waals surface area contributed by atoms with Crippen molar-refractivity contribution in [2.24, 2.45) is 17.6 Å². The maximum absolute atomic E-state index is 12.5. The van der Waals surface area contributed by atoms with Crippen molar-refractivity contribution in [3.05, 3.63) is 29.8 Å². The predicted molar refractivity (Wildman–Crippen MR) is 84.4 cm³/mol. The number of alkyl halides is 3. The summed E-state index contributed by atoms with van der Waals surface area (Å²) in [5.74, 6) is -0.569. The quantitative estimate of drug-likeness (QED) is 0.798. The van der Waals surface area contributed by atoms with Crippen LogP contribution in [0.5, 0.6) is 5.75 Å². The third-order valence-electron chi connectivity index (χ3n) is 4.06. The summed E-state index contributed by atoms with van der Waals surface area (Å²) in [6.45, 7) is 4.42. The zero-order valence-corrected chi connectivity index (χ0v) is 13.8. The fourth-order valence-electron chi connectivity index (χ4n) is 2.92. The molecule has 1 aliphatic carbocycles. The molecule has 0 saturated heterocycles. The molecule has 0 bridgehead atoms. The highest BCUT2D eigenvalue weighted by atomic mass is 19.4. The molecule has 1 aromatic carbocycles. The van der Waals surface area contributed by atoms with Gasteiger partial charge in [-0.2, -0.15) is 0 Å². The van der Waals surface area contributed by atoms with Gasteiger partial charge >= 0.3 is 6.36 Å². The molecule has 1 aliphatic rings. The van der Waals surface area contributed by atoms with E-state index in [4.69, 9.17) is 5.73 Å². The van der Waals surface area contributed by atoms with Gasteiger partial charge in [0.05, 0.1) is 0 Å². The number of nitrogens with two attached hydrogens (primary N) is 1. The van der Waals surface area contributed by atoms with Gasteiger partial charge in [0, 0.05) is 18.5 Å². The van der Waals surface area contributed by atoms with Gasteiger partial charge in [-0.3, -0.25) is 4.79 Å². The molecule has 7 heteroatoms. The lowest BCUT2D eigenvalue weighted by atomic mass is 10.0. The molecule has 0 aromatic heterocycles. The van der Waals surface area contributed by atoms with E-state index in [0.717, 1.165) is 6.42 Å². The molecule has 3 atom stereocenters. The molecule has 0 spiro atoms. The van der Waals surface area contributed by atoms with Crippen LogP contribution in [0.1, 0.15) is 38.2 Å². The largest absolute Gasteiger partial charge is 0.573 e. The summed E-state index contributed by atoms with van der Waals surface area (Å²) < 4.78 is 41.5. The topological polar surface area (TPSA) is 64.3 Å². The van der Waals surface area contributed by atoms with E-state index >= 15 is 0 Å². The monoisotopic (exact) mass is 344 g/mol. The maximum atomic E-state index is 12.5. The number of carbonyl (C=O) groups excluding carboxylic acids is 1. The number of benzene rings is 1. The van der Waals surface area contributed by atoms with E-state index in [9.17, 15) is 18.0 Å². The van der Waals surface area contributed by atoms with Crippen molar-refractivity contribution in [3.8, 4) is 5.75 Å². The fourth-order valence-corrected chi connectivity index (χ4v) is 2.92. The van der Waals surface area contributed by atoms with Crippen LogP contribution >= 0.6 is 0 Å². The first-order valence-corrected chi connectivity index (χ1v) is 8.06. The zero-order chi connectivity index (χ0) is 17.9. The Morgan fingerprint density at radius 2 is 2.04 bits per heavy atom. The number of ether oxygens (including phenoxy) is 1. The summed E-state index contributed by atoms with van der Waals surface area (Å²) in [4.78, 5) is 12.3. The summed E-state index contributed by atoms with van der Waals surface area (Å²) in [5, 5.41) is 2.90. The normalized spacial score (nSPS) is 21.5. The third kappa shape index (κ3) is 5.12. The van der Waals surface area contributed by atoms with Crippen LogP contribution < -0.4 is 15.8 Å². The van der Waals surface area contributed by atoms with E-state index in [1.807, 2.05) is 13.8 Å². The fraction of sp³-hybridized carbons (Fsp3) is 0.588. The lowest BCUT2D eigenvalue weighted by Gasteiger charge is -2.19. The molecular weight excluding hydrogens is 321 g/mol. The van der Waals surface area contributed by atoms with Crippen molar-refractivity contribution < 1.29 is 22.7 Å². The highest BCUT2D eigenvalue weighted by Gasteiger charge is 2.46. The van der Waals surface area contributed by atoms with Crippen LogP contribution in [0, 0.1) is 11.8 Å². The van der Waals surface area contributed by atoms with E-state index in [1.54, 1.807) is 12.1 Å². The van der Waals surface area contributed by atoms with Crippen molar-refractivity contribution in [2.75, 3.05) is 6.54 Å². The number of amides is 1. The highest BCUT2D eigenvalue weighted by molar-refractivity contribution is 5.83. The molecule has 1 amide bonds. The van der Waals surface area contributed by atoms with Gasteiger partial charge in [-0.25, -0.2) is 0 Å². The second kappa shape index (κ2) is 7.42. The number of halogens is 3. The average Bonchev–Trinajstić information content (AvgIpc) is 3.25. The average molecular weight is 344 g/mol. The Balaban J connectivity index is 2.01. The van der Waals surface area contributed by atoms with Crippen LogP contribution in [0.4, 0.5) is 13.2 Å². The minimum Gasteiger partial charge on any atom is -0.405 e. The number of para-hydroxylation sites is 1. The summed E-state index contributed by atoms with van der Waals surface area (Å²) in [5.41, 5.74) is 6.09. The first-order valence-electron chi connectivity index (χ1n) is 8.06. The minimum atomic E-state index is -4.75. The molecule has 4 nitrogen and oxygen atoms in total. The van der Waals surface area contributed by atoms with E-state index in [-0.39, 0.29) is 29.5 Å². The Kier molecular flexibility index (Phi) is 5.74.